The van der Waals surface area contributed by atoms with Crippen LogP contribution in [0.25, 0.3) is 6.08 Å². The largest absolute Gasteiger partial charge is 0.496 e. The van der Waals surface area contributed by atoms with E-state index in [2.05, 4.69) is 42.5 Å². The van der Waals surface area contributed by atoms with Crippen molar-refractivity contribution in [2.24, 2.45) is 0 Å². The molecule has 0 heterocycles. The molecule has 2 aromatic carbocycles. The molecule has 0 aliphatic carbocycles. The molecule has 0 saturated heterocycles. The summed E-state index contributed by atoms with van der Waals surface area (Å²) in [5.41, 5.74) is 1.01. The molecule has 3 N–H and O–H groups in total. The molecule has 2 aromatic rings. The fourth-order valence-corrected chi connectivity index (χ4v) is 3.06. The molecule has 9 heteroatoms. The zero-order valence-corrected chi connectivity index (χ0v) is 17.9. The first-order chi connectivity index (χ1) is 12.8. The number of thiocarbonyl (C=S) groups is 1. The summed E-state index contributed by atoms with van der Waals surface area (Å²) in [4.78, 5) is 23.4. The number of methoxy groups -OCH3 is 1. The minimum absolute atomic E-state index is 0.0179. The van der Waals surface area contributed by atoms with Crippen LogP contribution < -0.4 is 15.4 Å². The highest BCUT2D eigenvalue weighted by Crippen LogP contribution is 2.24. The molecular formula is C18H14Br2N2O4S. The third-order valence-electron chi connectivity index (χ3n) is 3.30. The number of ether oxygens (including phenoxy) is 1. The molecule has 0 fully saturated rings. The lowest BCUT2D eigenvalue weighted by Gasteiger charge is -2.11. The van der Waals surface area contributed by atoms with Gasteiger partial charge in [-0.2, -0.15) is 0 Å². The van der Waals surface area contributed by atoms with Gasteiger partial charge < -0.3 is 15.2 Å². The molecule has 0 radical (unpaired) electrons. The fourth-order valence-electron chi connectivity index (χ4n) is 2.11. The highest BCUT2D eigenvalue weighted by molar-refractivity contribution is 9.10. The monoisotopic (exact) mass is 512 g/mol. The van der Waals surface area contributed by atoms with Crippen molar-refractivity contribution in [2.75, 3.05) is 12.4 Å². The van der Waals surface area contributed by atoms with E-state index in [9.17, 15) is 14.7 Å². The van der Waals surface area contributed by atoms with Crippen LogP contribution in [0, 0.1) is 0 Å². The van der Waals surface area contributed by atoms with Gasteiger partial charge in [0, 0.05) is 20.6 Å². The number of nitrogens with one attached hydrogen (secondary N) is 2. The summed E-state index contributed by atoms with van der Waals surface area (Å²) in [6, 6.07) is 10.1. The van der Waals surface area contributed by atoms with Gasteiger partial charge in [-0.3, -0.25) is 10.1 Å². The zero-order chi connectivity index (χ0) is 20.0. The van der Waals surface area contributed by atoms with E-state index in [1.54, 1.807) is 30.3 Å². The standard InChI is InChI=1S/C18H14Br2N2O4S/c1-26-15-6-4-11(19)8-10(15)2-7-16(23)22-18(27)21-14-5-3-12(20)9-13(14)17(24)25/h2-9H,1H3,(H,24,25)(H2,21,22,23,27). The van der Waals surface area contributed by atoms with Crippen LogP contribution in [0.3, 0.4) is 0 Å². The van der Waals surface area contributed by atoms with Crippen LogP contribution in [0.2, 0.25) is 0 Å². The van der Waals surface area contributed by atoms with Crippen molar-refractivity contribution in [3.63, 3.8) is 0 Å². The highest BCUT2D eigenvalue weighted by atomic mass is 79.9. The topological polar surface area (TPSA) is 87.7 Å². The van der Waals surface area contributed by atoms with Gasteiger partial charge >= 0.3 is 5.97 Å². The van der Waals surface area contributed by atoms with Crippen LogP contribution in [0.5, 0.6) is 5.75 Å². The number of carbonyl (C=O) groups is 2. The molecule has 2 rings (SSSR count). The van der Waals surface area contributed by atoms with E-state index < -0.39 is 11.9 Å². The van der Waals surface area contributed by atoms with Gasteiger partial charge in [-0.05, 0) is 54.7 Å². The zero-order valence-electron chi connectivity index (χ0n) is 14.0. The molecule has 0 unspecified atom stereocenters. The average Bonchev–Trinajstić information content (AvgIpc) is 2.61. The molecule has 140 valence electrons. The van der Waals surface area contributed by atoms with Gasteiger partial charge in [-0.15, -0.1) is 0 Å². The molecule has 27 heavy (non-hydrogen) atoms. The molecular weight excluding hydrogens is 500 g/mol. The molecule has 0 aliphatic heterocycles. The minimum Gasteiger partial charge on any atom is -0.496 e. The average molecular weight is 514 g/mol. The van der Waals surface area contributed by atoms with E-state index in [4.69, 9.17) is 17.0 Å². The van der Waals surface area contributed by atoms with Crippen LogP contribution in [0.15, 0.2) is 51.4 Å². The SMILES string of the molecule is COc1ccc(Br)cc1C=CC(=O)NC(=S)Nc1ccc(Br)cc1C(=O)O. The maximum Gasteiger partial charge on any atom is 0.337 e. The van der Waals surface area contributed by atoms with E-state index >= 15 is 0 Å². The van der Waals surface area contributed by atoms with Crippen molar-refractivity contribution in [3.05, 3.63) is 62.5 Å². The Balaban J connectivity index is 2.06. The summed E-state index contributed by atoms with van der Waals surface area (Å²) in [7, 11) is 1.54. The molecule has 0 aliphatic rings. The first-order valence-electron chi connectivity index (χ1n) is 7.46. The number of benzene rings is 2. The normalized spacial score (nSPS) is 10.5. The quantitative estimate of drug-likeness (QED) is 0.404. The summed E-state index contributed by atoms with van der Waals surface area (Å²) >= 11 is 11.7. The molecule has 0 bridgehead atoms. The highest BCUT2D eigenvalue weighted by Gasteiger charge is 2.12. The number of aromatic carboxylic acids is 1. The van der Waals surface area contributed by atoms with Gasteiger partial charge in [0.05, 0.1) is 18.4 Å². The Morgan fingerprint density at radius 1 is 1.15 bits per heavy atom. The number of carbonyl (C=O) groups excluding carboxylic acids is 1. The van der Waals surface area contributed by atoms with Gasteiger partial charge in [0.25, 0.3) is 0 Å². The van der Waals surface area contributed by atoms with E-state index in [-0.39, 0.29) is 16.4 Å². The Kier molecular flexibility index (Phi) is 7.52. The van der Waals surface area contributed by atoms with Crippen molar-refractivity contribution in [1.82, 2.24) is 5.32 Å². The number of carboxylic acids is 1. The van der Waals surface area contributed by atoms with Crippen LogP contribution >= 0.6 is 44.1 Å². The van der Waals surface area contributed by atoms with Gasteiger partial charge in [0.2, 0.25) is 5.91 Å². The second-order valence-corrected chi connectivity index (χ2v) is 7.40. The van der Waals surface area contributed by atoms with Crippen LogP contribution in [-0.2, 0) is 4.79 Å². The second kappa shape index (κ2) is 9.63. The molecule has 1 amide bonds. The predicted octanol–water partition coefficient (Wildman–Crippen LogP) is 4.44. The second-order valence-electron chi connectivity index (χ2n) is 5.16. The molecule has 0 atom stereocenters. The predicted molar refractivity (Wildman–Crippen MR) is 115 cm³/mol. The van der Waals surface area contributed by atoms with Gasteiger partial charge in [0.1, 0.15) is 5.75 Å². The Labute approximate surface area is 177 Å². The number of amides is 1. The maximum atomic E-state index is 12.1. The molecule has 6 nitrogen and oxygen atoms in total. The van der Waals surface area contributed by atoms with Crippen LogP contribution in [0.1, 0.15) is 15.9 Å². The van der Waals surface area contributed by atoms with E-state index in [1.165, 1.54) is 19.3 Å². The lowest BCUT2D eigenvalue weighted by molar-refractivity contribution is -0.115. The first kappa shape index (κ1) is 21.1. The van der Waals surface area contributed by atoms with Gasteiger partial charge in [0.15, 0.2) is 5.11 Å². The van der Waals surface area contributed by atoms with Crippen molar-refractivity contribution < 1.29 is 19.4 Å². The first-order valence-corrected chi connectivity index (χ1v) is 9.46. The van der Waals surface area contributed by atoms with Crippen LogP contribution in [0.4, 0.5) is 5.69 Å². The number of halogens is 2. The van der Waals surface area contributed by atoms with E-state index in [1.807, 2.05) is 6.07 Å². The lowest BCUT2D eigenvalue weighted by Crippen LogP contribution is -2.33. The lowest BCUT2D eigenvalue weighted by atomic mass is 10.2. The van der Waals surface area contributed by atoms with E-state index in [0.29, 0.717) is 15.8 Å². The van der Waals surface area contributed by atoms with Crippen molar-refractivity contribution in [1.29, 1.82) is 0 Å². The summed E-state index contributed by atoms with van der Waals surface area (Å²) in [5.74, 6) is -0.970. The molecule has 0 spiro atoms. The van der Waals surface area contributed by atoms with E-state index in [0.717, 1.165) is 4.47 Å². The Morgan fingerprint density at radius 3 is 2.48 bits per heavy atom. The number of carboxylic acid groups (broad SMARTS) is 1. The summed E-state index contributed by atoms with van der Waals surface area (Å²) in [6.07, 6.45) is 2.89. The Hall–Kier alpha value is -2.23. The fraction of sp³-hybridized carbons (Fsp3) is 0.0556. The number of anilines is 1. The van der Waals surface area contributed by atoms with Crippen LogP contribution in [-0.4, -0.2) is 29.2 Å². The number of hydrogen-bond acceptors (Lipinski definition) is 4. The summed E-state index contributed by atoms with van der Waals surface area (Å²) in [6.45, 7) is 0. The van der Waals surface area contributed by atoms with Crippen molar-refractivity contribution >= 4 is 72.8 Å². The molecule has 0 aromatic heterocycles. The third-order valence-corrected chi connectivity index (χ3v) is 4.49. The Bertz CT molecular complexity index is 932. The maximum absolute atomic E-state index is 12.1. The third kappa shape index (κ3) is 6.16. The minimum atomic E-state index is -1.12. The summed E-state index contributed by atoms with van der Waals surface area (Å²) < 4.78 is 6.70. The van der Waals surface area contributed by atoms with Crippen molar-refractivity contribution in [2.45, 2.75) is 0 Å². The van der Waals surface area contributed by atoms with Crippen molar-refractivity contribution in [3.8, 4) is 5.75 Å². The number of rotatable bonds is 5. The Morgan fingerprint density at radius 2 is 1.81 bits per heavy atom. The van der Waals surface area contributed by atoms with Gasteiger partial charge in [-0.25, -0.2) is 4.79 Å². The summed E-state index contributed by atoms with van der Waals surface area (Å²) in [5, 5.41) is 14.4. The smallest absolute Gasteiger partial charge is 0.337 e. The van der Waals surface area contributed by atoms with Gasteiger partial charge in [-0.1, -0.05) is 31.9 Å². The molecule has 0 saturated carbocycles. The number of hydrogen-bond donors (Lipinski definition) is 3.